The summed E-state index contributed by atoms with van der Waals surface area (Å²) in [4.78, 5) is 28.7. The van der Waals surface area contributed by atoms with Gasteiger partial charge in [0.25, 0.3) is 5.91 Å². The third kappa shape index (κ3) is 7.89. The number of rotatable bonds is 7. The molecule has 1 heterocycles. The summed E-state index contributed by atoms with van der Waals surface area (Å²) in [6.45, 7) is 8.99. The molecule has 2 amide bonds. The van der Waals surface area contributed by atoms with Crippen LogP contribution in [-0.2, 0) is 9.59 Å². The first-order valence-electron chi connectivity index (χ1n) is 11.1. The van der Waals surface area contributed by atoms with Crippen LogP contribution in [0.15, 0.2) is 54.6 Å². The zero-order valence-corrected chi connectivity index (χ0v) is 19.2. The average molecular weight is 440 g/mol. The maximum absolute atomic E-state index is 12.6. The lowest BCUT2D eigenvalue weighted by molar-refractivity contribution is -0.133. The molecule has 32 heavy (non-hydrogen) atoms. The zero-order chi connectivity index (χ0) is 23.0. The van der Waals surface area contributed by atoms with E-state index >= 15 is 0 Å². The van der Waals surface area contributed by atoms with Crippen molar-refractivity contribution in [2.24, 2.45) is 0 Å². The molecule has 1 aliphatic rings. The summed E-state index contributed by atoms with van der Waals surface area (Å²) in [6.07, 6.45) is 0.833. The molecule has 1 N–H and O–H groups in total. The second-order valence-corrected chi connectivity index (χ2v) is 8.98. The molecular weight excluding hydrogens is 406 g/mol. The van der Waals surface area contributed by atoms with E-state index in [1.54, 1.807) is 12.1 Å². The number of benzene rings is 2. The van der Waals surface area contributed by atoms with Gasteiger partial charge in [-0.05, 0) is 63.6 Å². The standard InChI is InChI=1S/C25H33N3O4/c1-25(2,3)26-23(29)18-27-14-7-15-28(17-16-27)24(30)19-31-20-10-12-22(13-11-20)32-21-8-5-4-6-9-21/h4-6,8-13H,7,14-19H2,1-3H3,(H,26,29). The van der Waals surface area contributed by atoms with Gasteiger partial charge in [-0.3, -0.25) is 14.5 Å². The molecule has 0 aromatic heterocycles. The minimum atomic E-state index is -0.242. The summed E-state index contributed by atoms with van der Waals surface area (Å²) in [5.41, 5.74) is -0.242. The van der Waals surface area contributed by atoms with Crippen molar-refractivity contribution >= 4 is 11.8 Å². The molecule has 7 heteroatoms. The van der Waals surface area contributed by atoms with Crippen LogP contribution in [0, 0.1) is 0 Å². The highest BCUT2D eigenvalue weighted by atomic mass is 16.5. The Balaban J connectivity index is 1.42. The molecule has 1 aliphatic heterocycles. The number of para-hydroxylation sites is 1. The third-order valence-electron chi connectivity index (χ3n) is 4.99. The lowest BCUT2D eigenvalue weighted by Crippen LogP contribution is -2.46. The smallest absolute Gasteiger partial charge is 0.260 e. The number of hydrogen-bond donors (Lipinski definition) is 1. The van der Waals surface area contributed by atoms with Crippen LogP contribution in [0.1, 0.15) is 27.2 Å². The van der Waals surface area contributed by atoms with Gasteiger partial charge in [-0.1, -0.05) is 18.2 Å². The lowest BCUT2D eigenvalue weighted by Gasteiger charge is -2.25. The largest absolute Gasteiger partial charge is 0.484 e. The normalized spacial score (nSPS) is 15.0. The molecule has 0 unspecified atom stereocenters. The second kappa shape index (κ2) is 11.0. The number of ether oxygens (including phenoxy) is 2. The summed E-state index contributed by atoms with van der Waals surface area (Å²) < 4.78 is 11.5. The Labute approximate surface area is 190 Å². The average Bonchev–Trinajstić information content (AvgIpc) is 2.98. The Morgan fingerprint density at radius 2 is 1.53 bits per heavy atom. The van der Waals surface area contributed by atoms with Gasteiger partial charge in [0.1, 0.15) is 17.2 Å². The Kier molecular flexibility index (Phi) is 8.11. The minimum absolute atomic E-state index is 0.0105. The summed E-state index contributed by atoms with van der Waals surface area (Å²) in [7, 11) is 0. The summed E-state index contributed by atoms with van der Waals surface area (Å²) in [5, 5.41) is 2.99. The van der Waals surface area contributed by atoms with E-state index in [0.717, 1.165) is 18.7 Å². The number of nitrogens with zero attached hydrogens (tertiary/aromatic N) is 2. The predicted octanol–water partition coefficient (Wildman–Crippen LogP) is 3.31. The van der Waals surface area contributed by atoms with Crippen LogP contribution < -0.4 is 14.8 Å². The van der Waals surface area contributed by atoms with Gasteiger partial charge in [-0.25, -0.2) is 0 Å². The van der Waals surface area contributed by atoms with Gasteiger partial charge in [0.05, 0.1) is 6.54 Å². The maximum Gasteiger partial charge on any atom is 0.260 e. The predicted molar refractivity (Wildman–Crippen MR) is 124 cm³/mol. The Bertz CT molecular complexity index is 878. The van der Waals surface area contributed by atoms with Crippen LogP contribution in [0.25, 0.3) is 0 Å². The number of amides is 2. The quantitative estimate of drug-likeness (QED) is 0.717. The van der Waals surface area contributed by atoms with Crippen LogP contribution in [-0.4, -0.2) is 66.5 Å². The van der Waals surface area contributed by atoms with E-state index in [4.69, 9.17) is 9.47 Å². The molecular formula is C25H33N3O4. The fraction of sp³-hybridized carbons (Fsp3) is 0.440. The second-order valence-electron chi connectivity index (χ2n) is 8.98. The number of carbonyl (C=O) groups excluding carboxylic acids is 2. The molecule has 1 fully saturated rings. The molecule has 0 radical (unpaired) electrons. The first-order valence-corrected chi connectivity index (χ1v) is 11.1. The van der Waals surface area contributed by atoms with E-state index in [1.165, 1.54) is 0 Å². The van der Waals surface area contributed by atoms with Gasteiger partial charge >= 0.3 is 0 Å². The van der Waals surface area contributed by atoms with E-state index in [-0.39, 0.29) is 24.0 Å². The highest BCUT2D eigenvalue weighted by Gasteiger charge is 2.22. The summed E-state index contributed by atoms with van der Waals surface area (Å²) in [6, 6.07) is 16.8. The fourth-order valence-electron chi connectivity index (χ4n) is 3.50. The SMILES string of the molecule is CC(C)(C)NC(=O)CN1CCCN(C(=O)COc2ccc(Oc3ccccc3)cc2)CC1. The van der Waals surface area contributed by atoms with Crippen molar-refractivity contribution in [1.29, 1.82) is 0 Å². The molecule has 0 saturated carbocycles. The molecule has 2 aromatic carbocycles. The van der Waals surface area contributed by atoms with E-state index < -0.39 is 0 Å². The molecule has 172 valence electrons. The molecule has 7 nitrogen and oxygen atoms in total. The van der Waals surface area contributed by atoms with Crippen LogP contribution in [0.2, 0.25) is 0 Å². The van der Waals surface area contributed by atoms with Gasteiger partial charge in [0.2, 0.25) is 5.91 Å². The van der Waals surface area contributed by atoms with Crippen molar-refractivity contribution < 1.29 is 19.1 Å². The van der Waals surface area contributed by atoms with Gasteiger partial charge in [0, 0.05) is 31.7 Å². The monoisotopic (exact) mass is 439 g/mol. The van der Waals surface area contributed by atoms with E-state index in [0.29, 0.717) is 37.7 Å². The molecule has 1 saturated heterocycles. The number of carbonyl (C=O) groups is 2. The Hall–Kier alpha value is -3.06. The number of hydrogen-bond acceptors (Lipinski definition) is 5. The van der Waals surface area contributed by atoms with Crippen molar-refractivity contribution in [1.82, 2.24) is 15.1 Å². The molecule has 0 bridgehead atoms. The molecule has 2 aromatic rings. The zero-order valence-electron chi connectivity index (χ0n) is 19.2. The first-order chi connectivity index (χ1) is 15.3. The number of nitrogens with one attached hydrogen (secondary N) is 1. The fourth-order valence-corrected chi connectivity index (χ4v) is 3.50. The lowest BCUT2D eigenvalue weighted by atomic mass is 10.1. The summed E-state index contributed by atoms with van der Waals surface area (Å²) in [5.74, 6) is 2.06. The van der Waals surface area contributed by atoms with Gasteiger partial charge in [-0.2, -0.15) is 0 Å². The Morgan fingerprint density at radius 3 is 2.22 bits per heavy atom. The highest BCUT2D eigenvalue weighted by Crippen LogP contribution is 2.23. The molecule has 0 aliphatic carbocycles. The molecule has 0 spiro atoms. The highest BCUT2D eigenvalue weighted by molar-refractivity contribution is 5.79. The van der Waals surface area contributed by atoms with Crippen LogP contribution in [0.5, 0.6) is 17.2 Å². The van der Waals surface area contributed by atoms with Crippen LogP contribution in [0.4, 0.5) is 0 Å². The van der Waals surface area contributed by atoms with Gasteiger partial charge in [-0.15, -0.1) is 0 Å². The van der Waals surface area contributed by atoms with Crippen molar-refractivity contribution in [3.05, 3.63) is 54.6 Å². The topological polar surface area (TPSA) is 71.1 Å². The maximum atomic E-state index is 12.6. The van der Waals surface area contributed by atoms with E-state index in [1.807, 2.05) is 68.1 Å². The Morgan fingerprint density at radius 1 is 0.875 bits per heavy atom. The first kappa shape index (κ1) is 23.6. The molecule has 3 rings (SSSR count). The van der Waals surface area contributed by atoms with Crippen LogP contribution in [0.3, 0.4) is 0 Å². The van der Waals surface area contributed by atoms with E-state index in [9.17, 15) is 9.59 Å². The van der Waals surface area contributed by atoms with Crippen LogP contribution >= 0.6 is 0 Å². The minimum Gasteiger partial charge on any atom is -0.484 e. The van der Waals surface area contributed by atoms with Gasteiger partial charge < -0.3 is 19.7 Å². The van der Waals surface area contributed by atoms with Crippen molar-refractivity contribution in [3.8, 4) is 17.2 Å². The molecule has 0 atom stereocenters. The van der Waals surface area contributed by atoms with Crippen molar-refractivity contribution in [3.63, 3.8) is 0 Å². The third-order valence-corrected chi connectivity index (χ3v) is 4.99. The van der Waals surface area contributed by atoms with Crippen molar-refractivity contribution in [2.75, 3.05) is 39.3 Å². The van der Waals surface area contributed by atoms with E-state index in [2.05, 4.69) is 10.2 Å². The summed E-state index contributed by atoms with van der Waals surface area (Å²) >= 11 is 0. The van der Waals surface area contributed by atoms with Gasteiger partial charge in [0.15, 0.2) is 6.61 Å². The van der Waals surface area contributed by atoms with Crippen molar-refractivity contribution in [2.45, 2.75) is 32.7 Å².